The van der Waals surface area contributed by atoms with Crippen molar-refractivity contribution in [2.45, 2.75) is 44.7 Å². The van der Waals surface area contributed by atoms with Crippen molar-refractivity contribution in [1.82, 2.24) is 33.9 Å². The number of nitrogen functional groups attached to an aromatic ring is 1. The Bertz CT molecular complexity index is 1740. The zero-order valence-corrected chi connectivity index (χ0v) is 24.5. The summed E-state index contributed by atoms with van der Waals surface area (Å²) >= 11 is 0. The number of anilines is 3. The minimum Gasteiger partial charge on any atom is -0.383 e. The second-order valence-electron chi connectivity index (χ2n) is 12.0. The third-order valence-corrected chi connectivity index (χ3v) is 9.38. The normalized spacial score (nSPS) is 20.5. The molecule has 3 aromatic heterocycles. The molecule has 1 saturated heterocycles. The highest BCUT2D eigenvalue weighted by Gasteiger charge is 2.30. The van der Waals surface area contributed by atoms with Crippen LogP contribution in [0.15, 0.2) is 48.9 Å². The molecule has 0 radical (unpaired) electrons. The first-order valence-corrected chi connectivity index (χ1v) is 14.9. The first-order valence-electron chi connectivity index (χ1n) is 14.9. The molecule has 1 saturated carbocycles. The summed E-state index contributed by atoms with van der Waals surface area (Å²) in [5.41, 5.74) is 12.4. The van der Waals surface area contributed by atoms with Gasteiger partial charge in [-0.2, -0.15) is 0 Å². The third kappa shape index (κ3) is 4.68. The number of nitrogens with one attached hydrogen (secondary N) is 1. The summed E-state index contributed by atoms with van der Waals surface area (Å²) in [6, 6.07) is 12.5. The predicted octanol–water partition coefficient (Wildman–Crippen LogP) is 5.49. The molecule has 7 rings (SSSR count). The van der Waals surface area contributed by atoms with E-state index in [4.69, 9.17) is 10.7 Å². The molecule has 4 heterocycles. The molecular formula is C32H38FN9. The number of hydrogen-bond acceptors (Lipinski definition) is 7. The number of likely N-dealkylation sites (N-methyl/N-ethyl adjacent to an activating group) is 1. The molecule has 5 aromatic rings. The second-order valence-corrected chi connectivity index (χ2v) is 12.0. The number of fused-ring (bicyclic) bond motifs is 2. The van der Waals surface area contributed by atoms with Crippen LogP contribution in [0.5, 0.6) is 0 Å². The molecule has 42 heavy (non-hydrogen) atoms. The van der Waals surface area contributed by atoms with Crippen LogP contribution < -0.4 is 11.1 Å². The van der Waals surface area contributed by atoms with Gasteiger partial charge in [0.1, 0.15) is 23.3 Å². The Balaban J connectivity index is 1.14. The van der Waals surface area contributed by atoms with E-state index in [1.165, 1.54) is 32.0 Å². The van der Waals surface area contributed by atoms with E-state index in [1.54, 1.807) is 12.4 Å². The summed E-state index contributed by atoms with van der Waals surface area (Å²) in [5.74, 6) is 0.769. The van der Waals surface area contributed by atoms with Crippen LogP contribution in [0.1, 0.15) is 37.3 Å². The lowest BCUT2D eigenvalue weighted by molar-refractivity contribution is 0.0828. The van der Waals surface area contributed by atoms with E-state index < -0.39 is 0 Å². The van der Waals surface area contributed by atoms with Gasteiger partial charge in [0.15, 0.2) is 5.82 Å². The number of imidazole rings is 1. The Morgan fingerprint density at radius 1 is 0.905 bits per heavy atom. The number of aromatic nitrogens is 5. The van der Waals surface area contributed by atoms with Gasteiger partial charge in [-0.05, 0) is 69.0 Å². The van der Waals surface area contributed by atoms with Gasteiger partial charge < -0.3 is 25.1 Å². The second kappa shape index (κ2) is 10.7. The number of nitrogens with two attached hydrogens (primary N) is 1. The first-order chi connectivity index (χ1) is 20.4. The molecule has 3 N–H and O–H groups in total. The molecule has 2 fully saturated rings. The summed E-state index contributed by atoms with van der Waals surface area (Å²) in [5, 5.41) is 4.26. The van der Waals surface area contributed by atoms with E-state index in [2.05, 4.69) is 55.0 Å². The highest BCUT2D eigenvalue weighted by molar-refractivity contribution is 6.00. The molecule has 9 nitrogen and oxygen atoms in total. The Labute approximate surface area is 245 Å². The van der Waals surface area contributed by atoms with Crippen molar-refractivity contribution in [3.8, 4) is 11.1 Å². The zero-order chi connectivity index (χ0) is 29.0. The van der Waals surface area contributed by atoms with Crippen molar-refractivity contribution in [1.29, 1.82) is 0 Å². The van der Waals surface area contributed by atoms with Gasteiger partial charge in [-0.3, -0.25) is 4.90 Å². The van der Waals surface area contributed by atoms with Gasteiger partial charge in [0, 0.05) is 62.8 Å². The maximum atomic E-state index is 14.4. The lowest BCUT2D eigenvalue weighted by Gasteiger charge is -2.41. The lowest BCUT2D eigenvalue weighted by atomic mass is 9.89. The summed E-state index contributed by atoms with van der Waals surface area (Å²) in [4.78, 5) is 18.7. The van der Waals surface area contributed by atoms with Gasteiger partial charge in [-0.25, -0.2) is 19.3 Å². The fraction of sp³-hybridized carbons (Fsp3) is 0.406. The highest BCUT2D eigenvalue weighted by Crippen LogP contribution is 2.39. The largest absolute Gasteiger partial charge is 0.383 e. The average Bonchev–Trinajstić information content (AvgIpc) is 3.56. The van der Waals surface area contributed by atoms with E-state index in [0.717, 1.165) is 64.9 Å². The highest BCUT2D eigenvalue weighted by atomic mass is 19.1. The van der Waals surface area contributed by atoms with Crippen molar-refractivity contribution < 1.29 is 4.39 Å². The summed E-state index contributed by atoms with van der Waals surface area (Å²) in [6.07, 6.45) is 8.46. The maximum Gasteiger partial charge on any atom is 0.208 e. The van der Waals surface area contributed by atoms with Crippen molar-refractivity contribution in [3.63, 3.8) is 0 Å². The minimum absolute atomic E-state index is 0.321. The maximum absolute atomic E-state index is 14.4. The zero-order valence-electron chi connectivity index (χ0n) is 24.5. The molecule has 1 aliphatic carbocycles. The van der Waals surface area contributed by atoms with Crippen LogP contribution in [0, 0.1) is 12.7 Å². The molecule has 1 aliphatic heterocycles. The smallest absolute Gasteiger partial charge is 0.208 e. The SMILES string of the molecule is Cc1ccc(F)c2nc(Nc3ccc(-c4cn([C@H]5CC[C@H](N6CCN(C)CC6)CC5)c5ncnc(N)c45)cc3)n(C)c12. The van der Waals surface area contributed by atoms with Gasteiger partial charge in [0.25, 0.3) is 0 Å². The molecule has 0 bridgehead atoms. The van der Waals surface area contributed by atoms with Crippen LogP contribution in [-0.2, 0) is 7.05 Å². The van der Waals surface area contributed by atoms with Crippen molar-refractivity contribution >= 4 is 39.5 Å². The van der Waals surface area contributed by atoms with Crippen LogP contribution in [0.25, 0.3) is 33.2 Å². The van der Waals surface area contributed by atoms with Crippen molar-refractivity contribution in [3.05, 3.63) is 60.3 Å². The van der Waals surface area contributed by atoms with Gasteiger partial charge in [0.05, 0.1) is 10.9 Å². The average molecular weight is 568 g/mol. The summed E-state index contributed by atoms with van der Waals surface area (Å²) in [7, 11) is 4.11. The van der Waals surface area contributed by atoms with Crippen LogP contribution >= 0.6 is 0 Å². The van der Waals surface area contributed by atoms with E-state index in [-0.39, 0.29) is 5.82 Å². The number of nitrogens with zero attached hydrogens (tertiary/aromatic N) is 7. The van der Waals surface area contributed by atoms with Crippen LogP contribution in [0.3, 0.4) is 0 Å². The molecular weight excluding hydrogens is 529 g/mol. The Kier molecular flexibility index (Phi) is 6.82. The van der Waals surface area contributed by atoms with Gasteiger partial charge in [-0.15, -0.1) is 0 Å². The number of benzene rings is 2. The quantitative estimate of drug-likeness (QED) is 0.290. The summed E-state index contributed by atoms with van der Waals surface area (Å²) in [6.45, 7) is 6.63. The Morgan fingerprint density at radius 3 is 2.33 bits per heavy atom. The molecule has 0 spiro atoms. The van der Waals surface area contributed by atoms with Crippen LogP contribution in [-0.4, -0.2) is 73.2 Å². The van der Waals surface area contributed by atoms with Gasteiger partial charge >= 0.3 is 0 Å². The van der Waals surface area contributed by atoms with E-state index in [0.29, 0.717) is 29.4 Å². The van der Waals surface area contributed by atoms with Crippen LogP contribution in [0.4, 0.5) is 21.8 Å². The van der Waals surface area contributed by atoms with E-state index >= 15 is 0 Å². The first kappa shape index (κ1) is 26.9. The topological polar surface area (TPSA) is 93.1 Å². The number of piperazine rings is 1. The predicted molar refractivity (Wildman–Crippen MR) is 166 cm³/mol. The molecule has 2 aromatic carbocycles. The van der Waals surface area contributed by atoms with E-state index in [9.17, 15) is 4.39 Å². The minimum atomic E-state index is -0.321. The van der Waals surface area contributed by atoms with Crippen molar-refractivity contribution in [2.75, 3.05) is 44.3 Å². The molecule has 10 heteroatoms. The number of rotatable bonds is 5. The van der Waals surface area contributed by atoms with Crippen molar-refractivity contribution in [2.24, 2.45) is 7.05 Å². The van der Waals surface area contributed by atoms with E-state index in [1.807, 2.05) is 30.7 Å². The molecule has 0 amide bonds. The van der Waals surface area contributed by atoms with Crippen LogP contribution in [0.2, 0.25) is 0 Å². The molecule has 218 valence electrons. The number of hydrogen-bond donors (Lipinski definition) is 2. The molecule has 0 unspecified atom stereocenters. The fourth-order valence-electron chi connectivity index (χ4n) is 6.94. The summed E-state index contributed by atoms with van der Waals surface area (Å²) < 4.78 is 18.7. The van der Waals surface area contributed by atoms with Gasteiger partial charge in [-0.1, -0.05) is 18.2 Å². The number of aryl methyl sites for hydroxylation is 2. The number of halogens is 1. The standard InChI is InChI=1S/C32H38FN9/c1-20-4-13-26(33)28-29(20)40(3)32(38-28)37-22-7-5-21(6-8-22)25-18-42(31-27(25)30(34)35-19-36-31)24-11-9-23(10-12-24)41-16-14-39(2)15-17-41/h4-8,13,18-19,23-24H,9-12,14-17H2,1-3H3,(H,37,38)(H2,34,35,36)/t23-,24-. The Morgan fingerprint density at radius 2 is 1.62 bits per heavy atom. The fourth-order valence-corrected chi connectivity index (χ4v) is 6.94. The lowest BCUT2D eigenvalue weighted by Crippen LogP contribution is -2.49. The van der Waals surface area contributed by atoms with Gasteiger partial charge in [0.2, 0.25) is 5.95 Å². The Hall–Kier alpha value is -4.02. The third-order valence-electron chi connectivity index (χ3n) is 9.38. The monoisotopic (exact) mass is 567 g/mol. The molecule has 0 atom stereocenters. The molecule has 2 aliphatic rings.